The molecule has 5 heteroatoms. The fraction of sp³-hybridized carbons (Fsp3) is 0.259. The quantitative estimate of drug-likeness (QED) is 0.616. The Kier molecular flexibility index (Phi) is 6.26. The van der Waals surface area contributed by atoms with Gasteiger partial charge in [0.05, 0.1) is 13.2 Å². The number of amides is 2. The SMILES string of the molecule is COc1ccc([C@H](C)NC(=O)c2ccc3c(c2)CCCN3C(=O)c2cccc(C)c2)cc1. The first-order valence-corrected chi connectivity index (χ1v) is 10.9. The Hall–Kier alpha value is -3.60. The number of fused-ring (bicyclic) bond motifs is 1. The lowest BCUT2D eigenvalue weighted by atomic mass is 9.97. The van der Waals surface area contributed by atoms with E-state index >= 15 is 0 Å². The average molecular weight is 429 g/mol. The Morgan fingerprint density at radius 2 is 1.78 bits per heavy atom. The van der Waals surface area contributed by atoms with Gasteiger partial charge in [0.2, 0.25) is 0 Å². The molecule has 32 heavy (non-hydrogen) atoms. The van der Waals surface area contributed by atoms with Crippen LogP contribution in [0.2, 0.25) is 0 Å². The lowest BCUT2D eigenvalue weighted by molar-refractivity contribution is 0.0939. The molecule has 164 valence electrons. The Morgan fingerprint density at radius 1 is 1.00 bits per heavy atom. The largest absolute Gasteiger partial charge is 0.497 e. The molecule has 0 aliphatic carbocycles. The molecule has 0 bridgehead atoms. The van der Waals surface area contributed by atoms with Crippen LogP contribution in [0.15, 0.2) is 66.7 Å². The van der Waals surface area contributed by atoms with Gasteiger partial charge in [-0.2, -0.15) is 0 Å². The van der Waals surface area contributed by atoms with Crippen molar-refractivity contribution >= 4 is 17.5 Å². The Labute approximate surface area is 189 Å². The van der Waals surface area contributed by atoms with Crippen LogP contribution in [-0.2, 0) is 6.42 Å². The highest BCUT2D eigenvalue weighted by Crippen LogP contribution is 2.30. The number of ether oxygens (including phenoxy) is 1. The highest BCUT2D eigenvalue weighted by atomic mass is 16.5. The predicted molar refractivity (Wildman–Crippen MR) is 126 cm³/mol. The van der Waals surface area contributed by atoms with Crippen LogP contribution in [0.1, 0.15) is 56.8 Å². The van der Waals surface area contributed by atoms with Gasteiger partial charge in [-0.1, -0.05) is 29.8 Å². The summed E-state index contributed by atoms with van der Waals surface area (Å²) in [6.07, 6.45) is 1.72. The molecule has 1 atom stereocenters. The van der Waals surface area contributed by atoms with Crippen LogP contribution in [0.25, 0.3) is 0 Å². The van der Waals surface area contributed by atoms with Crippen LogP contribution >= 0.6 is 0 Å². The molecule has 0 saturated heterocycles. The monoisotopic (exact) mass is 428 g/mol. The summed E-state index contributed by atoms with van der Waals surface area (Å²) in [4.78, 5) is 27.8. The van der Waals surface area contributed by atoms with Gasteiger partial charge in [0.1, 0.15) is 5.75 Å². The van der Waals surface area contributed by atoms with Gasteiger partial charge in [-0.25, -0.2) is 0 Å². The summed E-state index contributed by atoms with van der Waals surface area (Å²) in [5.74, 6) is 0.657. The van der Waals surface area contributed by atoms with E-state index < -0.39 is 0 Å². The molecule has 0 saturated carbocycles. The summed E-state index contributed by atoms with van der Waals surface area (Å²) in [5, 5.41) is 3.06. The van der Waals surface area contributed by atoms with Gasteiger partial charge in [0, 0.05) is 23.4 Å². The molecule has 1 aliphatic heterocycles. The fourth-order valence-electron chi connectivity index (χ4n) is 4.14. The number of aryl methyl sites for hydroxylation is 2. The minimum Gasteiger partial charge on any atom is -0.497 e. The number of carbonyl (C=O) groups is 2. The van der Waals surface area contributed by atoms with Crippen molar-refractivity contribution in [1.29, 1.82) is 0 Å². The van der Waals surface area contributed by atoms with Crippen molar-refractivity contribution < 1.29 is 14.3 Å². The summed E-state index contributed by atoms with van der Waals surface area (Å²) < 4.78 is 5.20. The van der Waals surface area contributed by atoms with E-state index in [1.807, 2.05) is 79.4 Å². The number of nitrogens with zero attached hydrogens (tertiary/aromatic N) is 1. The van der Waals surface area contributed by atoms with E-state index in [1.165, 1.54) is 0 Å². The van der Waals surface area contributed by atoms with Gasteiger partial charge in [-0.3, -0.25) is 9.59 Å². The third-order valence-electron chi connectivity index (χ3n) is 5.93. The number of hydrogen-bond donors (Lipinski definition) is 1. The first-order chi connectivity index (χ1) is 15.5. The van der Waals surface area contributed by atoms with E-state index in [2.05, 4.69) is 5.32 Å². The van der Waals surface area contributed by atoms with Crippen LogP contribution in [0.5, 0.6) is 5.75 Å². The van der Waals surface area contributed by atoms with Crippen LogP contribution < -0.4 is 15.0 Å². The Morgan fingerprint density at radius 3 is 2.50 bits per heavy atom. The molecule has 0 aromatic heterocycles. The van der Waals surface area contributed by atoms with Crippen molar-refractivity contribution in [2.45, 2.75) is 32.7 Å². The van der Waals surface area contributed by atoms with Crippen molar-refractivity contribution in [3.63, 3.8) is 0 Å². The fourth-order valence-corrected chi connectivity index (χ4v) is 4.14. The second-order valence-corrected chi connectivity index (χ2v) is 8.24. The molecule has 0 fully saturated rings. The minimum atomic E-state index is -0.135. The summed E-state index contributed by atoms with van der Waals surface area (Å²) in [6, 6.07) is 20.8. The third-order valence-corrected chi connectivity index (χ3v) is 5.93. The first-order valence-electron chi connectivity index (χ1n) is 10.9. The summed E-state index contributed by atoms with van der Waals surface area (Å²) in [7, 11) is 1.63. The van der Waals surface area contributed by atoms with Crippen LogP contribution in [0, 0.1) is 6.92 Å². The van der Waals surface area contributed by atoms with Gasteiger partial charge in [0.25, 0.3) is 11.8 Å². The second kappa shape index (κ2) is 9.27. The second-order valence-electron chi connectivity index (χ2n) is 8.24. The maximum atomic E-state index is 13.1. The van der Waals surface area contributed by atoms with E-state index in [9.17, 15) is 9.59 Å². The van der Waals surface area contributed by atoms with Gasteiger partial charge >= 0.3 is 0 Å². The first kappa shape index (κ1) is 21.6. The number of anilines is 1. The molecule has 1 N–H and O–H groups in total. The Bertz CT molecular complexity index is 1140. The van der Waals surface area contributed by atoms with Crippen LogP contribution in [-0.4, -0.2) is 25.5 Å². The number of methoxy groups -OCH3 is 1. The number of carbonyl (C=O) groups excluding carboxylic acids is 2. The maximum Gasteiger partial charge on any atom is 0.258 e. The van der Waals surface area contributed by atoms with E-state index in [0.717, 1.165) is 41.0 Å². The number of hydrogen-bond acceptors (Lipinski definition) is 3. The van der Waals surface area contributed by atoms with Crippen LogP contribution in [0.3, 0.4) is 0 Å². The topological polar surface area (TPSA) is 58.6 Å². The highest BCUT2D eigenvalue weighted by Gasteiger charge is 2.25. The molecule has 2 amide bonds. The van der Waals surface area contributed by atoms with Gasteiger partial charge < -0.3 is 15.0 Å². The van der Waals surface area contributed by atoms with Crippen molar-refractivity contribution in [1.82, 2.24) is 5.32 Å². The van der Waals surface area contributed by atoms with Gasteiger partial charge in [0.15, 0.2) is 0 Å². The smallest absolute Gasteiger partial charge is 0.258 e. The molecule has 0 unspecified atom stereocenters. The normalized spacial score (nSPS) is 13.8. The molecule has 3 aromatic rings. The average Bonchev–Trinajstić information content (AvgIpc) is 2.82. The molecule has 0 spiro atoms. The zero-order chi connectivity index (χ0) is 22.7. The van der Waals surface area contributed by atoms with Crippen molar-refractivity contribution in [3.8, 4) is 5.75 Å². The summed E-state index contributed by atoms with van der Waals surface area (Å²) in [5.41, 5.74) is 5.28. The zero-order valence-corrected chi connectivity index (χ0v) is 18.7. The lowest BCUT2D eigenvalue weighted by Gasteiger charge is -2.30. The lowest BCUT2D eigenvalue weighted by Crippen LogP contribution is -2.35. The van der Waals surface area contributed by atoms with Crippen molar-refractivity contribution in [2.24, 2.45) is 0 Å². The molecule has 3 aromatic carbocycles. The van der Waals surface area contributed by atoms with E-state index in [4.69, 9.17) is 4.74 Å². The molecular formula is C27H28N2O3. The maximum absolute atomic E-state index is 13.1. The highest BCUT2D eigenvalue weighted by molar-refractivity contribution is 6.07. The molecule has 5 nitrogen and oxygen atoms in total. The van der Waals surface area contributed by atoms with Crippen molar-refractivity contribution in [3.05, 3.63) is 94.5 Å². The zero-order valence-electron chi connectivity index (χ0n) is 18.7. The molecule has 1 aliphatic rings. The number of nitrogens with one attached hydrogen (secondary N) is 1. The molecule has 4 rings (SSSR count). The van der Waals surface area contributed by atoms with E-state index in [-0.39, 0.29) is 17.9 Å². The molecule has 0 radical (unpaired) electrons. The molecule has 1 heterocycles. The van der Waals surface area contributed by atoms with E-state index in [1.54, 1.807) is 13.2 Å². The predicted octanol–water partition coefficient (Wildman–Crippen LogP) is 5.09. The standard InChI is InChI=1S/C27H28N2O3/c1-18-6-4-7-23(16-18)27(31)29-15-5-8-21-17-22(11-14-25(21)29)26(30)28-19(2)20-9-12-24(32-3)13-10-20/h4,6-7,9-14,16-17,19H,5,8,15H2,1-3H3,(H,28,30)/t19-/m0/s1. The summed E-state index contributed by atoms with van der Waals surface area (Å²) >= 11 is 0. The third kappa shape index (κ3) is 4.52. The number of benzene rings is 3. The minimum absolute atomic E-state index is 0.0000190. The number of rotatable bonds is 5. The molecular weight excluding hydrogens is 400 g/mol. The Balaban J connectivity index is 1.51. The van der Waals surface area contributed by atoms with Crippen LogP contribution in [0.4, 0.5) is 5.69 Å². The van der Waals surface area contributed by atoms with Gasteiger partial charge in [-0.15, -0.1) is 0 Å². The van der Waals surface area contributed by atoms with E-state index in [0.29, 0.717) is 17.7 Å². The summed E-state index contributed by atoms with van der Waals surface area (Å²) in [6.45, 7) is 4.62. The van der Waals surface area contributed by atoms with Crippen molar-refractivity contribution in [2.75, 3.05) is 18.6 Å². The van der Waals surface area contributed by atoms with Gasteiger partial charge in [-0.05, 0) is 80.3 Å².